The van der Waals surface area contributed by atoms with Gasteiger partial charge < -0.3 is 19.6 Å². The first kappa shape index (κ1) is 24.4. The molecule has 1 aliphatic rings. The van der Waals surface area contributed by atoms with E-state index in [1.54, 1.807) is 0 Å². The summed E-state index contributed by atoms with van der Waals surface area (Å²) >= 11 is 1.24. The molecule has 180 valence electrons. The molecule has 34 heavy (non-hydrogen) atoms. The topological polar surface area (TPSA) is 74.9 Å². The fraction of sp³-hybridized carbons (Fsp3) is 0.370. The Labute approximate surface area is 204 Å². The quantitative estimate of drug-likeness (QED) is 0.472. The van der Waals surface area contributed by atoms with E-state index in [1.165, 1.54) is 17.8 Å². The van der Waals surface area contributed by atoms with Gasteiger partial charge in [0.15, 0.2) is 0 Å². The second-order valence-corrected chi connectivity index (χ2v) is 9.92. The van der Waals surface area contributed by atoms with Crippen LogP contribution in [0, 0.1) is 0 Å². The third-order valence-corrected chi connectivity index (χ3v) is 7.24. The Morgan fingerprint density at radius 3 is 2.68 bits per heavy atom. The van der Waals surface area contributed by atoms with Crippen molar-refractivity contribution in [2.75, 3.05) is 32.8 Å². The molecule has 2 N–H and O–H groups in total. The number of nitrogens with zero attached hydrogens (tertiary/aromatic N) is 1. The van der Waals surface area contributed by atoms with Gasteiger partial charge in [0.05, 0.1) is 0 Å². The number of nitrogens with one attached hydrogen (secondary N) is 1. The van der Waals surface area contributed by atoms with Gasteiger partial charge in [-0.25, -0.2) is 4.79 Å². The van der Waals surface area contributed by atoms with Crippen LogP contribution in [0.15, 0.2) is 73.6 Å². The maximum absolute atomic E-state index is 12.7. The van der Waals surface area contributed by atoms with Crippen LogP contribution in [0.3, 0.4) is 0 Å². The number of rotatable bonds is 8. The van der Waals surface area contributed by atoms with Gasteiger partial charge in [0.1, 0.15) is 28.8 Å². The van der Waals surface area contributed by atoms with Gasteiger partial charge in [0.2, 0.25) is 0 Å². The molecule has 3 aromatic rings. The summed E-state index contributed by atoms with van der Waals surface area (Å²) in [5.74, 6) is 1.30. The standard InChI is InChI=1S/C27H32N2O4S/c1-18(2)22-6-4-5-7-25(22)34-26-23(30)16-24(33-27(26)31)20-8-10-21(11-9-20)32-15-14-29-13-12-28-17-19(29)3/h4-11,16,18-19,28,30H,12-15,17H2,1-3H3. The van der Waals surface area contributed by atoms with Gasteiger partial charge in [-0.1, -0.05) is 43.8 Å². The van der Waals surface area contributed by atoms with Crippen LogP contribution in [0.2, 0.25) is 0 Å². The molecule has 0 radical (unpaired) electrons. The van der Waals surface area contributed by atoms with Gasteiger partial charge in [-0.2, -0.15) is 0 Å². The average Bonchev–Trinajstić information content (AvgIpc) is 2.83. The molecule has 1 unspecified atom stereocenters. The molecule has 4 rings (SSSR count). The van der Waals surface area contributed by atoms with Crippen molar-refractivity contribution in [1.82, 2.24) is 10.2 Å². The highest BCUT2D eigenvalue weighted by Crippen LogP contribution is 2.37. The predicted octanol–water partition coefficient (Wildman–Crippen LogP) is 4.96. The highest BCUT2D eigenvalue weighted by atomic mass is 32.2. The van der Waals surface area contributed by atoms with Crippen LogP contribution in [0.25, 0.3) is 11.3 Å². The molecule has 1 saturated heterocycles. The van der Waals surface area contributed by atoms with Crippen molar-refractivity contribution in [3.63, 3.8) is 0 Å². The Hall–Kier alpha value is -2.74. The summed E-state index contributed by atoms with van der Waals surface area (Å²) in [5, 5.41) is 14.0. The summed E-state index contributed by atoms with van der Waals surface area (Å²) in [6.45, 7) is 11.0. The molecule has 0 spiro atoms. The maximum Gasteiger partial charge on any atom is 0.354 e. The number of hydrogen-bond donors (Lipinski definition) is 2. The maximum atomic E-state index is 12.7. The average molecular weight is 481 g/mol. The van der Waals surface area contributed by atoms with Crippen LogP contribution in [0.4, 0.5) is 0 Å². The lowest BCUT2D eigenvalue weighted by atomic mass is 10.0. The van der Waals surface area contributed by atoms with Crippen LogP contribution in [-0.2, 0) is 0 Å². The Bertz CT molecular complexity index is 1160. The van der Waals surface area contributed by atoms with Gasteiger partial charge in [0.25, 0.3) is 0 Å². The van der Waals surface area contributed by atoms with Crippen LogP contribution in [0.5, 0.6) is 11.5 Å². The molecule has 0 amide bonds. The van der Waals surface area contributed by atoms with Gasteiger partial charge in [-0.05, 0) is 48.7 Å². The normalized spacial score (nSPS) is 16.6. The van der Waals surface area contributed by atoms with E-state index in [-0.39, 0.29) is 10.6 Å². The summed E-state index contributed by atoms with van der Waals surface area (Å²) < 4.78 is 11.5. The molecule has 6 nitrogen and oxygen atoms in total. The molecule has 2 aromatic carbocycles. The van der Waals surface area contributed by atoms with Crippen molar-refractivity contribution in [3.05, 3.63) is 70.6 Å². The van der Waals surface area contributed by atoms with E-state index in [9.17, 15) is 9.90 Å². The summed E-state index contributed by atoms with van der Waals surface area (Å²) in [4.78, 5) is 16.3. The first-order valence-corrected chi connectivity index (χ1v) is 12.6. The first-order valence-electron chi connectivity index (χ1n) is 11.7. The van der Waals surface area contributed by atoms with E-state index in [2.05, 4.69) is 31.0 Å². The van der Waals surface area contributed by atoms with Crippen LogP contribution in [-0.4, -0.2) is 48.8 Å². The number of benzene rings is 2. The molecule has 0 aliphatic carbocycles. The van der Waals surface area contributed by atoms with Crippen molar-refractivity contribution in [3.8, 4) is 22.8 Å². The molecule has 1 fully saturated rings. The number of hydrogen-bond acceptors (Lipinski definition) is 7. The van der Waals surface area contributed by atoms with Crippen molar-refractivity contribution >= 4 is 11.8 Å². The summed E-state index contributed by atoms with van der Waals surface area (Å²) in [6, 6.07) is 17.3. The van der Waals surface area contributed by atoms with E-state index < -0.39 is 5.63 Å². The lowest BCUT2D eigenvalue weighted by Crippen LogP contribution is -2.50. The van der Waals surface area contributed by atoms with E-state index >= 15 is 0 Å². The minimum Gasteiger partial charge on any atom is -0.506 e. The Balaban J connectivity index is 1.43. The number of ether oxygens (including phenoxy) is 1. The smallest absolute Gasteiger partial charge is 0.354 e. The number of piperazine rings is 1. The Morgan fingerprint density at radius 2 is 1.97 bits per heavy atom. The van der Waals surface area contributed by atoms with Crippen molar-refractivity contribution in [2.45, 2.75) is 42.5 Å². The highest BCUT2D eigenvalue weighted by Gasteiger charge is 2.18. The minimum absolute atomic E-state index is 0.0831. The van der Waals surface area contributed by atoms with E-state index in [0.29, 0.717) is 29.9 Å². The largest absolute Gasteiger partial charge is 0.506 e. The van der Waals surface area contributed by atoms with Gasteiger partial charge in [0, 0.05) is 48.7 Å². The van der Waals surface area contributed by atoms with Crippen molar-refractivity contribution in [1.29, 1.82) is 0 Å². The molecule has 1 atom stereocenters. The van der Waals surface area contributed by atoms with Crippen molar-refractivity contribution in [2.24, 2.45) is 0 Å². The summed E-state index contributed by atoms with van der Waals surface area (Å²) in [5.41, 5.74) is 1.27. The monoisotopic (exact) mass is 480 g/mol. The van der Waals surface area contributed by atoms with Crippen LogP contribution < -0.4 is 15.7 Å². The summed E-state index contributed by atoms with van der Waals surface area (Å²) in [6.07, 6.45) is 0. The molecule has 2 heterocycles. The molecule has 0 bridgehead atoms. The van der Waals surface area contributed by atoms with Gasteiger partial charge in [-0.3, -0.25) is 4.90 Å². The SMILES string of the molecule is CC(C)c1ccccc1Sc1c(O)cc(-c2ccc(OCCN3CCNCC3C)cc2)oc1=O. The number of aromatic hydroxyl groups is 1. The Kier molecular flexibility index (Phi) is 7.98. The van der Waals surface area contributed by atoms with Gasteiger partial charge in [-0.15, -0.1) is 0 Å². The lowest BCUT2D eigenvalue weighted by molar-refractivity contribution is 0.143. The second-order valence-electron chi connectivity index (χ2n) is 8.87. The zero-order valence-corrected chi connectivity index (χ0v) is 20.7. The molecular weight excluding hydrogens is 448 g/mol. The Morgan fingerprint density at radius 1 is 1.21 bits per heavy atom. The van der Waals surface area contributed by atoms with E-state index in [4.69, 9.17) is 9.15 Å². The zero-order chi connectivity index (χ0) is 24.1. The third kappa shape index (κ3) is 5.84. The molecule has 0 saturated carbocycles. The predicted molar refractivity (Wildman–Crippen MR) is 136 cm³/mol. The summed E-state index contributed by atoms with van der Waals surface area (Å²) in [7, 11) is 0. The van der Waals surface area contributed by atoms with Crippen LogP contribution >= 0.6 is 11.8 Å². The molecule has 7 heteroatoms. The lowest BCUT2D eigenvalue weighted by Gasteiger charge is -2.33. The van der Waals surface area contributed by atoms with Gasteiger partial charge >= 0.3 is 5.63 Å². The zero-order valence-electron chi connectivity index (χ0n) is 19.9. The fourth-order valence-corrected chi connectivity index (χ4v) is 5.15. The van der Waals surface area contributed by atoms with Crippen LogP contribution in [0.1, 0.15) is 32.3 Å². The molecule has 1 aliphatic heterocycles. The van der Waals surface area contributed by atoms with E-state index in [1.807, 2.05) is 48.5 Å². The minimum atomic E-state index is -0.552. The first-order chi connectivity index (χ1) is 16.4. The van der Waals surface area contributed by atoms with Crippen molar-refractivity contribution < 1.29 is 14.3 Å². The third-order valence-electron chi connectivity index (χ3n) is 6.07. The molecular formula is C27H32N2O4S. The van der Waals surface area contributed by atoms with E-state index in [0.717, 1.165) is 42.4 Å². The highest BCUT2D eigenvalue weighted by molar-refractivity contribution is 7.99. The second kappa shape index (κ2) is 11.1. The molecule has 1 aromatic heterocycles. The fourth-order valence-electron chi connectivity index (χ4n) is 4.08.